The molecule has 0 saturated carbocycles. The Morgan fingerprint density at radius 1 is 1.27 bits per heavy atom. The minimum absolute atomic E-state index is 0.0523. The summed E-state index contributed by atoms with van der Waals surface area (Å²) in [5.41, 5.74) is 8.99. The summed E-state index contributed by atoms with van der Waals surface area (Å²) in [5.74, 6) is -0.921. The SMILES string of the molecule is Cc1[nH]c(=Cc2nccnc2C2C=NNC2=O)c(=C2C=CON2)c1CCC(=O)n1ccnc1. The van der Waals surface area contributed by atoms with Crippen molar-refractivity contribution in [3.63, 3.8) is 0 Å². The van der Waals surface area contributed by atoms with Gasteiger partial charge >= 0.3 is 0 Å². The van der Waals surface area contributed by atoms with Crippen LogP contribution >= 0.6 is 0 Å². The normalized spacial score (nSPS) is 19.0. The van der Waals surface area contributed by atoms with Gasteiger partial charge in [-0.15, -0.1) is 0 Å². The lowest BCUT2D eigenvalue weighted by molar-refractivity contribution is -0.120. The van der Waals surface area contributed by atoms with Crippen LogP contribution in [0.1, 0.15) is 39.8 Å². The second kappa shape index (κ2) is 8.54. The predicted octanol–water partition coefficient (Wildman–Crippen LogP) is -0.233. The van der Waals surface area contributed by atoms with E-state index in [-0.39, 0.29) is 11.8 Å². The lowest BCUT2D eigenvalue weighted by Gasteiger charge is -2.06. The number of hydrazone groups is 1. The summed E-state index contributed by atoms with van der Waals surface area (Å²) in [6.07, 6.45) is 15.3. The molecule has 3 aromatic heterocycles. The van der Waals surface area contributed by atoms with Crippen LogP contribution in [0.4, 0.5) is 0 Å². The Hall–Kier alpha value is -4.54. The Labute approximate surface area is 187 Å². The number of hydrogen-bond donors (Lipinski definition) is 3. The fourth-order valence-corrected chi connectivity index (χ4v) is 3.91. The fraction of sp³-hybridized carbons (Fsp3) is 0.182. The molecule has 0 aromatic carbocycles. The second-order valence-corrected chi connectivity index (χ2v) is 7.52. The molecule has 0 bridgehead atoms. The van der Waals surface area contributed by atoms with Crippen molar-refractivity contribution in [1.82, 2.24) is 35.4 Å². The van der Waals surface area contributed by atoms with Crippen molar-refractivity contribution >= 4 is 29.8 Å². The van der Waals surface area contributed by atoms with Gasteiger partial charge in [-0.25, -0.2) is 15.9 Å². The molecular formula is C22H20N8O3. The van der Waals surface area contributed by atoms with Gasteiger partial charge in [0.2, 0.25) is 5.91 Å². The zero-order valence-electron chi connectivity index (χ0n) is 17.6. The molecule has 3 aromatic rings. The number of aryl methyl sites for hydroxylation is 1. The van der Waals surface area contributed by atoms with Crippen LogP contribution in [0.25, 0.3) is 11.8 Å². The van der Waals surface area contributed by atoms with Crippen molar-refractivity contribution in [2.24, 2.45) is 5.10 Å². The maximum atomic E-state index is 12.5. The van der Waals surface area contributed by atoms with Crippen LogP contribution in [0, 0.1) is 6.92 Å². The molecule has 2 aliphatic rings. The van der Waals surface area contributed by atoms with Crippen LogP contribution in [0.2, 0.25) is 0 Å². The molecule has 0 radical (unpaired) electrons. The van der Waals surface area contributed by atoms with Crippen molar-refractivity contribution in [1.29, 1.82) is 0 Å². The zero-order chi connectivity index (χ0) is 22.8. The van der Waals surface area contributed by atoms with E-state index in [9.17, 15) is 9.59 Å². The van der Waals surface area contributed by atoms with Crippen molar-refractivity contribution in [3.05, 3.63) is 76.7 Å². The first kappa shape index (κ1) is 20.4. The third-order valence-corrected chi connectivity index (χ3v) is 5.48. The molecular weight excluding hydrogens is 424 g/mol. The first-order valence-corrected chi connectivity index (χ1v) is 10.3. The number of carbonyl (C=O) groups is 2. The molecule has 11 nitrogen and oxygen atoms in total. The maximum absolute atomic E-state index is 12.5. The van der Waals surface area contributed by atoms with Crippen LogP contribution in [0.3, 0.4) is 0 Å². The third kappa shape index (κ3) is 3.91. The summed E-state index contributed by atoms with van der Waals surface area (Å²) in [7, 11) is 0. The van der Waals surface area contributed by atoms with Gasteiger partial charge in [0.15, 0.2) is 0 Å². The van der Waals surface area contributed by atoms with Gasteiger partial charge in [-0.05, 0) is 25.0 Å². The van der Waals surface area contributed by atoms with E-state index in [1.165, 1.54) is 17.1 Å². The van der Waals surface area contributed by atoms with E-state index in [1.807, 2.05) is 19.1 Å². The highest BCUT2D eigenvalue weighted by Gasteiger charge is 2.26. The fourth-order valence-electron chi connectivity index (χ4n) is 3.91. The zero-order valence-corrected chi connectivity index (χ0v) is 17.6. The van der Waals surface area contributed by atoms with Gasteiger partial charge in [0.05, 0.1) is 22.4 Å². The van der Waals surface area contributed by atoms with Gasteiger partial charge in [-0.1, -0.05) is 0 Å². The van der Waals surface area contributed by atoms with E-state index in [2.05, 4.69) is 35.9 Å². The number of rotatable bonds is 5. The molecule has 1 amide bonds. The van der Waals surface area contributed by atoms with Crippen molar-refractivity contribution in [2.75, 3.05) is 0 Å². The number of aromatic nitrogens is 5. The largest absolute Gasteiger partial charge is 0.390 e. The molecule has 0 spiro atoms. The van der Waals surface area contributed by atoms with E-state index < -0.39 is 5.92 Å². The summed E-state index contributed by atoms with van der Waals surface area (Å²) < 4.78 is 1.47. The molecule has 0 saturated heterocycles. The Bertz CT molecular complexity index is 1400. The van der Waals surface area contributed by atoms with Crippen LogP contribution in [0.15, 0.2) is 48.6 Å². The second-order valence-electron chi connectivity index (χ2n) is 7.52. The average molecular weight is 444 g/mol. The molecule has 3 N–H and O–H groups in total. The molecule has 1 atom stereocenters. The van der Waals surface area contributed by atoms with Gasteiger partial charge < -0.3 is 9.82 Å². The average Bonchev–Trinajstić information content (AvgIpc) is 3.61. The Morgan fingerprint density at radius 3 is 2.88 bits per heavy atom. The van der Waals surface area contributed by atoms with Crippen molar-refractivity contribution < 1.29 is 14.4 Å². The lowest BCUT2D eigenvalue weighted by atomic mass is 10.0. The smallest absolute Gasteiger partial charge is 0.254 e. The number of amides is 1. The van der Waals surface area contributed by atoms with Crippen LogP contribution < -0.4 is 21.5 Å². The topological polar surface area (TPSA) is 139 Å². The van der Waals surface area contributed by atoms with Crippen LogP contribution in [-0.4, -0.2) is 42.5 Å². The molecule has 0 fully saturated rings. The van der Waals surface area contributed by atoms with E-state index in [0.717, 1.165) is 27.5 Å². The molecule has 5 heterocycles. The van der Waals surface area contributed by atoms with Crippen LogP contribution in [-0.2, 0) is 16.1 Å². The Morgan fingerprint density at radius 2 is 2.15 bits per heavy atom. The maximum Gasteiger partial charge on any atom is 0.254 e. The molecule has 33 heavy (non-hydrogen) atoms. The number of hydrogen-bond acceptors (Lipinski definition) is 8. The highest BCUT2D eigenvalue weighted by molar-refractivity contribution is 6.02. The van der Waals surface area contributed by atoms with E-state index in [1.54, 1.807) is 31.0 Å². The minimum Gasteiger partial charge on any atom is -0.390 e. The van der Waals surface area contributed by atoms with Gasteiger partial charge in [0, 0.05) is 54.4 Å². The van der Waals surface area contributed by atoms with Gasteiger partial charge in [0.1, 0.15) is 18.5 Å². The molecule has 5 rings (SSSR count). The summed E-state index contributed by atoms with van der Waals surface area (Å²) in [6.45, 7) is 1.95. The van der Waals surface area contributed by atoms with Gasteiger partial charge in [0.25, 0.3) is 5.91 Å². The van der Waals surface area contributed by atoms with Crippen molar-refractivity contribution in [2.45, 2.75) is 25.7 Å². The molecule has 166 valence electrons. The van der Waals surface area contributed by atoms with E-state index in [4.69, 9.17) is 4.84 Å². The van der Waals surface area contributed by atoms with Crippen molar-refractivity contribution in [3.8, 4) is 0 Å². The summed E-state index contributed by atoms with van der Waals surface area (Å²) >= 11 is 0. The van der Waals surface area contributed by atoms with Gasteiger partial charge in [-0.3, -0.25) is 24.1 Å². The van der Waals surface area contributed by atoms with Gasteiger partial charge in [-0.2, -0.15) is 5.10 Å². The summed E-state index contributed by atoms with van der Waals surface area (Å²) in [5, 5.41) is 5.46. The Balaban J connectivity index is 1.59. The quantitative estimate of drug-likeness (QED) is 0.494. The summed E-state index contributed by atoms with van der Waals surface area (Å²) in [4.78, 5) is 46.0. The highest BCUT2D eigenvalue weighted by Crippen LogP contribution is 2.18. The number of nitrogens with one attached hydrogen (secondary N) is 3. The molecule has 1 unspecified atom stereocenters. The molecule has 11 heteroatoms. The number of H-pyrrole nitrogens is 1. The first-order valence-electron chi connectivity index (χ1n) is 10.3. The monoisotopic (exact) mass is 444 g/mol. The van der Waals surface area contributed by atoms with E-state index >= 15 is 0 Å². The van der Waals surface area contributed by atoms with E-state index in [0.29, 0.717) is 24.2 Å². The lowest BCUT2D eigenvalue weighted by Crippen LogP contribution is -2.31. The minimum atomic E-state index is -0.614. The highest BCUT2D eigenvalue weighted by atomic mass is 16.6. The first-order chi connectivity index (χ1) is 16.1. The number of aromatic amines is 1. The molecule has 2 aliphatic heterocycles. The number of imidazole rings is 1. The number of carbonyl (C=O) groups excluding carboxylic acids is 2. The standard InChI is InChI=1S/C22H20N8O3/c1-13-14(2-3-19(31)30-8-7-23-12-30)20(16-4-9-33-29-16)17(27-13)10-18-21(25-6-5-24-18)15-11-26-28-22(15)32/h4-12,15,27,29H,2-3H2,1H3,(H,28,32). The summed E-state index contributed by atoms with van der Waals surface area (Å²) in [6, 6.07) is 0. The predicted molar refractivity (Wildman–Crippen MR) is 118 cm³/mol. The van der Waals surface area contributed by atoms with Crippen LogP contribution in [0.5, 0.6) is 0 Å². The Kier molecular flexibility index (Phi) is 5.27. The third-order valence-electron chi connectivity index (χ3n) is 5.48. The molecule has 0 aliphatic carbocycles. The number of hydroxylamine groups is 1. The number of nitrogens with zero attached hydrogens (tertiary/aromatic N) is 5.